The molecular weight excluding hydrogens is 260 g/mol. The van der Waals surface area contributed by atoms with Gasteiger partial charge in [0, 0.05) is 11.3 Å². The maximum absolute atomic E-state index is 11.9. The average molecular weight is 280 g/mol. The molecule has 0 spiro atoms. The Morgan fingerprint density at radius 2 is 2.11 bits per heavy atom. The van der Waals surface area contributed by atoms with Crippen molar-refractivity contribution in [3.05, 3.63) is 29.8 Å². The standard InChI is InChI=1S/C14H20N2O2S/c1-19-14(6-7-14)9-16-13(18)12(15)8-10-2-4-11(17)5-3-10/h2-5,12,17H,6-9,15H2,1H3,(H,16,18)/t12-/m0/s1. The summed E-state index contributed by atoms with van der Waals surface area (Å²) in [5.41, 5.74) is 6.85. The van der Waals surface area contributed by atoms with E-state index < -0.39 is 6.04 Å². The molecule has 4 N–H and O–H groups in total. The number of carbonyl (C=O) groups excluding carboxylic acids is 1. The highest BCUT2D eigenvalue weighted by Crippen LogP contribution is 2.46. The molecule has 0 radical (unpaired) electrons. The van der Waals surface area contributed by atoms with Gasteiger partial charge in [0.25, 0.3) is 0 Å². The van der Waals surface area contributed by atoms with Crippen LogP contribution >= 0.6 is 11.8 Å². The number of nitrogens with one attached hydrogen (secondary N) is 1. The van der Waals surface area contributed by atoms with Gasteiger partial charge in [-0.2, -0.15) is 11.8 Å². The summed E-state index contributed by atoms with van der Waals surface area (Å²) in [5.74, 6) is 0.116. The Hall–Kier alpha value is -1.20. The lowest BCUT2D eigenvalue weighted by atomic mass is 10.1. The lowest BCUT2D eigenvalue weighted by Gasteiger charge is -2.16. The van der Waals surface area contributed by atoms with Crippen molar-refractivity contribution in [2.45, 2.75) is 30.1 Å². The molecular formula is C14H20N2O2S. The Bertz CT molecular complexity index is 443. The Labute approximate surface area is 117 Å². The van der Waals surface area contributed by atoms with Gasteiger partial charge in [-0.05, 0) is 43.2 Å². The maximum atomic E-state index is 11.9. The molecule has 1 aromatic rings. The van der Waals surface area contributed by atoms with Crippen molar-refractivity contribution in [3.8, 4) is 5.75 Å². The number of phenols is 1. The maximum Gasteiger partial charge on any atom is 0.237 e. The molecule has 1 saturated carbocycles. The van der Waals surface area contributed by atoms with Gasteiger partial charge >= 0.3 is 0 Å². The van der Waals surface area contributed by atoms with Crippen molar-refractivity contribution in [3.63, 3.8) is 0 Å². The molecule has 1 aromatic carbocycles. The van der Waals surface area contributed by atoms with Gasteiger partial charge in [-0.25, -0.2) is 0 Å². The van der Waals surface area contributed by atoms with Crippen LogP contribution in [0.15, 0.2) is 24.3 Å². The van der Waals surface area contributed by atoms with E-state index in [2.05, 4.69) is 11.6 Å². The van der Waals surface area contributed by atoms with Gasteiger partial charge in [-0.1, -0.05) is 12.1 Å². The van der Waals surface area contributed by atoms with E-state index in [-0.39, 0.29) is 16.4 Å². The van der Waals surface area contributed by atoms with E-state index in [9.17, 15) is 9.90 Å². The molecule has 5 heteroatoms. The van der Waals surface area contributed by atoms with Gasteiger partial charge in [0.1, 0.15) is 5.75 Å². The number of nitrogens with two attached hydrogens (primary N) is 1. The SMILES string of the molecule is CSC1(CNC(=O)[C@@H](N)Cc2ccc(O)cc2)CC1. The number of phenolic OH excluding ortho intramolecular Hbond substituents is 1. The first-order valence-corrected chi connectivity index (χ1v) is 7.63. The highest BCUT2D eigenvalue weighted by molar-refractivity contribution is 8.00. The summed E-state index contributed by atoms with van der Waals surface area (Å²) >= 11 is 1.81. The van der Waals surface area contributed by atoms with E-state index in [1.54, 1.807) is 24.3 Å². The molecule has 4 nitrogen and oxygen atoms in total. The van der Waals surface area contributed by atoms with E-state index >= 15 is 0 Å². The summed E-state index contributed by atoms with van der Waals surface area (Å²) in [6, 6.07) is 6.24. The Morgan fingerprint density at radius 3 is 2.63 bits per heavy atom. The number of hydrogen-bond acceptors (Lipinski definition) is 4. The van der Waals surface area contributed by atoms with E-state index in [1.807, 2.05) is 11.8 Å². The number of thioether (sulfide) groups is 1. The predicted molar refractivity (Wildman–Crippen MR) is 78.3 cm³/mol. The number of hydrogen-bond donors (Lipinski definition) is 3. The zero-order chi connectivity index (χ0) is 13.9. The highest BCUT2D eigenvalue weighted by Gasteiger charge is 2.42. The van der Waals surface area contributed by atoms with Crippen LogP contribution in [-0.4, -0.2) is 34.6 Å². The second kappa shape index (κ2) is 5.84. The van der Waals surface area contributed by atoms with Crippen molar-refractivity contribution in [1.82, 2.24) is 5.32 Å². The molecule has 0 aromatic heterocycles. The summed E-state index contributed by atoms with van der Waals surface area (Å²) in [7, 11) is 0. The zero-order valence-electron chi connectivity index (χ0n) is 11.1. The first-order valence-electron chi connectivity index (χ1n) is 6.41. The van der Waals surface area contributed by atoms with Crippen LogP contribution in [0.4, 0.5) is 0 Å². The van der Waals surface area contributed by atoms with Crippen LogP contribution in [-0.2, 0) is 11.2 Å². The van der Waals surface area contributed by atoms with Crippen molar-refractivity contribution >= 4 is 17.7 Å². The van der Waals surface area contributed by atoms with Gasteiger partial charge in [-0.3, -0.25) is 4.79 Å². The van der Waals surface area contributed by atoms with Gasteiger partial charge in [-0.15, -0.1) is 0 Å². The summed E-state index contributed by atoms with van der Waals surface area (Å²) < 4.78 is 0.258. The third-order valence-corrected chi connectivity index (χ3v) is 4.97. The summed E-state index contributed by atoms with van der Waals surface area (Å²) in [5, 5.41) is 12.1. The molecule has 2 rings (SSSR count). The van der Waals surface area contributed by atoms with Crippen molar-refractivity contribution in [1.29, 1.82) is 0 Å². The number of aromatic hydroxyl groups is 1. The van der Waals surface area contributed by atoms with Crippen molar-refractivity contribution < 1.29 is 9.90 Å². The Kier molecular flexibility index (Phi) is 4.37. The smallest absolute Gasteiger partial charge is 0.237 e. The molecule has 0 bridgehead atoms. The first kappa shape index (κ1) is 14.2. The molecule has 1 aliphatic rings. The van der Waals surface area contributed by atoms with Crippen LogP contribution in [0.1, 0.15) is 18.4 Å². The van der Waals surface area contributed by atoms with Gasteiger partial charge < -0.3 is 16.2 Å². The van der Waals surface area contributed by atoms with Gasteiger partial charge in [0.15, 0.2) is 0 Å². The second-order valence-electron chi connectivity index (χ2n) is 5.08. The molecule has 1 atom stereocenters. The molecule has 0 unspecified atom stereocenters. The number of rotatable bonds is 6. The minimum Gasteiger partial charge on any atom is -0.508 e. The fraction of sp³-hybridized carbons (Fsp3) is 0.500. The van der Waals surface area contributed by atoms with Crippen molar-refractivity contribution in [2.75, 3.05) is 12.8 Å². The van der Waals surface area contributed by atoms with E-state index in [4.69, 9.17) is 5.73 Å². The molecule has 1 aliphatic carbocycles. The predicted octanol–water partition coefficient (Wildman–Crippen LogP) is 1.27. The lowest BCUT2D eigenvalue weighted by molar-refractivity contribution is -0.122. The average Bonchev–Trinajstić information content (AvgIpc) is 3.19. The Morgan fingerprint density at radius 1 is 1.47 bits per heavy atom. The van der Waals surface area contributed by atoms with E-state index in [1.165, 1.54) is 12.8 Å². The zero-order valence-corrected chi connectivity index (χ0v) is 11.9. The minimum atomic E-state index is -0.540. The first-order chi connectivity index (χ1) is 9.04. The molecule has 1 fully saturated rings. The van der Waals surface area contributed by atoms with Gasteiger partial charge in [0.2, 0.25) is 5.91 Å². The topological polar surface area (TPSA) is 75.4 Å². The molecule has 1 amide bonds. The Balaban J connectivity index is 1.80. The van der Waals surface area contributed by atoms with E-state index in [0.29, 0.717) is 13.0 Å². The molecule has 0 saturated heterocycles. The molecule has 0 heterocycles. The van der Waals surface area contributed by atoms with Crippen LogP contribution < -0.4 is 11.1 Å². The summed E-state index contributed by atoms with van der Waals surface area (Å²) in [4.78, 5) is 11.9. The molecule has 19 heavy (non-hydrogen) atoms. The minimum absolute atomic E-state index is 0.103. The second-order valence-corrected chi connectivity index (χ2v) is 6.36. The third-order valence-electron chi connectivity index (χ3n) is 3.55. The number of carbonyl (C=O) groups is 1. The molecule has 0 aliphatic heterocycles. The fourth-order valence-corrected chi connectivity index (χ4v) is 2.68. The summed E-state index contributed by atoms with van der Waals surface area (Å²) in [6.45, 7) is 0.705. The van der Waals surface area contributed by atoms with Crippen molar-refractivity contribution in [2.24, 2.45) is 5.73 Å². The normalized spacial score (nSPS) is 17.8. The lowest BCUT2D eigenvalue weighted by Crippen LogP contribution is -2.44. The van der Waals surface area contributed by atoms with Crippen LogP contribution in [0.5, 0.6) is 5.75 Å². The monoisotopic (exact) mass is 280 g/mol. The summed E-state index contributed by atoms with van der Waals surface area (Å²) in [6.07, 6.45) is 4.90. The van der Waals surface area contributed by atoms with Crippen LogP contribution in [0.3, 0.4) is 0 Å². The largest absolute Gasteiger partial charge is 0.508 e. The fourth-order valence-electron chi connectivity index (χ4n) is 1.95. The quantitative estimate of drug-likeness (QED) is 0.733. The van der Waals surface area contributed by atoms with Crippen LogP contribution in [0, 0.1) is 0 Å². The van der Waals surface area contributed by atoms with E-state index in [0.717, 1.165) is 5.56 Å². The van der Waals surface area contributed by atoms with Gasteiger partial charge in [0.05, 0.1) is 6.04 Å². The third kappa shape index (κ3) is 3.88. The number of amides is 1. The highest BCUT2D eigenvalue weighted by atomic mass is 32.2. The van der Waals surface area contributed by atoms with Crippen LogP contribution in [0.25, 0.3) is 0 Å². The molecule has 104 valence electrons. The number of benzene rings is 1. The van der Waals surface area contributed by atoms with Crippen LogP contribution in [0.2, 0.25) is 0 Å².